The van der Waals surface area contributed by atoms with Gasteiger partial charge in [0.05, 0.1) is 11.0 Å². The number of benzene rings is 1. The highest BCUT2D eigenvalue weighted by Crippen LogP contribution is 2.22. The summed E-state index contributed by atoms with van der Waals surface area (Å²) in [7, 11) is -3.67. The Balaban J connectivity index is 2.25. The van der Waals surface area contributed by atoms with E-state index in [9.17, 15) is 13.2 Å². The quantitative estimate of drug-likeness (QED) is 0.899. The molecule has 1 aromatic rings. The van der Waals surface area contributed by atoms with Crippen molar-refractivity contribution >= 4 is 15.9 Å². The maximum atomic E-state index is 12.6. The lowest BCUT2D eigenvalue weighted by Crippen LogP contribution is -2.55. The zero-order valence-electron chi connectivity index (χ0n) is 12.4. The van der Waals surface area contributed by atoms with E-state index in [4.69, 9.17) is 4.74 Å². The Kier molecular flexibility index (Phi) is 4.53. The number of piperazine rings is 1. The van der Waals surface area contributed by atoms with Gasteiger partial charge in [0.2, 0.25) is 15.9 Å². The van der Waals surface area contributed by atoms with Crippen LogP contribution in [0.1, 0.15) is 20.8 Å². The molecule has 1 heterocycles. The van der Waals surface area contributed by atoms with E-state index in [0.717, 1.165) is 0 Å². The van der Waals surface area contributed by atoms with E-state index in [-0.39, 0.29) is 23.5 Å². The smallest absolute Gasteiger partial charge is 0.243 e. The Morgan fingerprint density at radius 2 is 1.90 bits per heavy atom. The SMILES string of the molecule is CC(C)Oc1ccc(S(=O)(=O)N2CCNC(=O)C2C)cc1. The van der Waals surface area contributed by atoms with Gasteiger partial charge >= 0.3 is 0 Å². The zero-order valence-corrected chi connectivity index (χ0v) is 13.2. The highest BCUT2D eigenvalue weighted by Gasteiger charge is 2.35. The molecule has 0 saturated carbocycles. The average molecular weight is 312 g/mol. The summed E-state index contributed by atoms with van der Waals surface area (Å²) in [4.78, 5) is 11.8. The lowest BCUT2D eigenvalue weighted by molar-refractivity contribution is -0.126. The molecule has 1 amide bonds. The molecule has 21 heavy (non-hydrogen) atoms. The van der Waals surface area contributed by atoms with Gasteiger partial charge in [-0.2, -0.15) is 4.31 Å². The molecule has 0 spiro atoms. The summed E-state index contributed by atoms with van der Waals surface area (Å²) in [5, 5.41) is 2.65. The number of carbonyl (C=O) groups excluding carboxylic acids is 1. The van der Waals surface area contributed by atoms with Gasteiger partial charge in [-0.15, -0.1) is 0 Å². The molecule has 2 rings (SSSR count). The van der Waals surface area contributed by atoms with Gasteiger partial charge in [-0.1, -0.05) is 0 Å². The van der Waals surface area contributed by atoms with Crippen molar-refractivity contribution in [2.75, 3.05) is 13.1 Å². The second kappa shape index (κ2) is 6.03. The van der Waals surface area contributed by atoms with Crippen molar-refractivity contribution < 1.29 is 17.9 Å². The molecule has 6 nitrogen and oxygen atoms in total. The Morgan fingerprint density at radius 3 is 2.48 bits per heavy atom. The molecule has 1 unspecified atom stereocenters. The van der Waals surface area contributed by atoms with E-state index >= 15 is 0 Å². The summed E-state index contributed by atoms with van der Waals surface area (Å²) in [6.07, 6.45) is 0.0262. The van der Waals surface area contributed by atoms with Crippen LogP contribution in [0.5, 0.6) is 5.75 Å². The van der Waals surface area contributed by atoms with Crippen molar-refractivity contribution in [2.45, 2.75) is 37.8 Å². The van der Waals surface area contributed by atoms with E-state index in [1.54, 1.807) is 19.1 Å². The normalized spacial score (nSPS) is 20.4. The molecule has 1 atom stereocenters. The molecule has 0 bridgehead atoms. The van der Waals surface area contributed by atoms with Gasteiger partial charge < -0.3 is 10.1 Å². The van der Waals surface area contributed by atoms with Crippen LogP contribution < -0.4 is 10.1 Å². The maximum Gasteiger partial charge on any atom is 0.243 e. The second-order valence-electron chi connectivity index (χ2n) is 5.22. The number of ether oxygens (including phenoxy) is 1. The van der Waals surface area contributed by atoms with Crippen molar-refractivity contribution in [3.05, 3.63) is 24.3 Å². The third-order valence-electron chi connectivity index (χ3n) is 3.24. The molecule has 116 valence electrons. The van der Waals surface area contributed by atoms with E-state index in [1.165, 1.54) is 16.4 Å². The summed E-state index contributed by atoms with van der Waals surface area (Å²) in [5.74, 6) is 0.345. The minimum absolute atomic E-state index is 0.0262. The van der Waals surface area contributed by atoms with Crippen LogP contribution >= 0.6 is 0 Å². The standard InChI is InChI=1S/C14H20N2O4S/c1-10(2)20-12-4-6-13(7-5-12)21(18,19)16-9-8-15-14(17)11(16)3/h4-7,10-11H,8-9H2,1-3H3,(H,15,17). The van der Waals surface area contributed by atoms with Crippen molar-refractivity contribution in [1.29, 1.82) is 0 Å². The van der Waals surface area contributed by atoms with Crippen molar-refractivity contribution in [1.82, 2.24) is 9.62 Å². The van der Waals surface area contributed by atoms with Crippen LogP contribution in [0.15, 0.2) is 29.2 Å². The van der Waals surface area contributed by atoms with Gasteiger partial charge in [0.15, 0.2) is 0 Å². The monoisotopic (exact) mass is 312 g/mol. The van der Waals surface area contributed by atoms with Crippen LogP contribution in [0, 0.1) is 0 Å². The molecule has 7 heteroatoms. The number of hydrogen-bond donors (Lipinski definition) is 1. The fraction of sp³-hybridized carbons (Fsp3) is 0.500. The van der Waals surface area contributed by atoms with E-state index in [0.29, 0.717) is 12.3 Å². The molecule has 1 fully saturated rings. The van der Waals surface area contributed by atoms with Crippen molar-refractivity contribution in [3.63, 3.8) is 0 Å². The minimum Gasteiger partial charge on any atom is -0.491 e. The van der Waals surface area contributed by atoms with Crippen LogP contribution in [0.3, 0.4) is 0 Å². The van der Waals surface area contributed by atoms with Gasteiger partial charge in [-0.3, -0.25) is 4.79 Å². The topological polar surface area (TPSA) is 75.7 Å². The van der Waals surface area contributed by atoms with Crippen LogP contribution in [-0.2, 0) is 14.8 Å². The molecule has 0 aromatic heterocycles. The van der Waals surface area contributed by atoms with Gasteiger partial charge in [-0.25, -0.2) is 8.42 Å². The molecule has 1 aliphatic heterocycles. The van der Waals surface area contributed by atoms with E-state index < -0.39 is 16.1 Å². The lowest BCUT2D eigenvalue weighted by atomic mass is 10.2. The summed E-state index contributed by atoms with van der Waals surface area (Å²) < 4.78 is 31.9. The Bertz CT molecular complexity index is 610. The highest BCUT2D eigenvalue weighted by molar-refractivity contribution is 7.89. The summed E-state index contributed by atoms with van der Waals surface area (Å²) in [6.45, 7) is 6.00. The van der Waals surface area contributed by atoms with Gasteiger partial charge in [-0.05, 0) is 45.0 Å². The first-order valence-electron chi connectivity index (χ1n) is 6.88. The minimum atomic E-state index is -3.67. The molecule has 1 N–H and O–H groups in total. The summed E-state index contributed by atoms with van der Waals surface area (Å²) in [6, 6.07) is 5.57. The number of carbonyl (C=O) groups is 1. The van der Waals surface area contributed by atoms with Crippen LogP contribution in [0.2, 0.25) is 0 Å². The Hall–Kier alpha value is -1.60. The summed E-state index contributed by atoms with van der Waals surface area (Å²) in [5.41, 5.74) is 0. The molecular formula is C14H20N2O4S. The summed E-state index contributed by atoms with van der Waals surface area (Å²) >= 11 is 0. The number of hydrogen-bond acceptors (Lipinski definition) is 4. The fourth-order valence-electron chi connectivity index (χ4n) is 2.19. The maximum absolute atomic E-state index is 12.6. The van der Waals surface area contributed by atoms with E-state index in [2.05, 4.69) is 5.32 Å². The van der Waals surface area contributed by atoms with E-state index in [1.807, 2.05) is 13.8 Å². The van der Waals surface area contributed by atoms with Crippen molar-refractivity contribution in [3.8, 4) is 5.75 Å². The fourth-order valence-corrected chi connectivity index (χ4v) is 3.78. The van der Waals surface area contributed by atoms with Crippen LogP contribution in [0.4, 0.5) is 0 Å². The lowest BCUT2D eigenvalue weighted by Gasteiger charge is -2.31. The first-order valence-corrected chi connectivity index (χ1v) is 8.32. The zero-order chi connectivity index (χ0) is 15.6. The number of nitrogens with zero attached hydrogens (tertiary/aromatic N) is 1. The third-order valence-corrected chi connectivity index (χ3v) is 5.23. The predicted octanol–water partition coefficient (Wildman–Crippen LogP) is 0.983. The average Bonchev–Trinajstić information content (AvgIpc) is 2.41. The Morgan fingerprint density at radius 1 is 1.29 bits per heavy atom. The van der Waals surface area contributed by atoms with Gasteiger partial charge in [0.1, 0.15) is 11.8 Å². The first kappa shape index (κ1) is 15.8. The molecule has 1 aliphatic rings. The predicted molar refractivity (Wildman–Crippen MR) is 78.6 cm³/mol. The Labute approximate surface area is 125 Å². The molecular weight excluding hydrogens is 292 g/mol. The molecule has 1 aromatic carbocycles. The first-order chi connectivity index (χ1) is 9.82. The number of nitrogens with one attached hydrogen (secondary N) is 1. The molecule has 0 aliphatic carbocycles. The molecule has 1 saturated heterocycles. The van der Waals surface area contributed by atoms with Gasteiger partial charge in [0, 0.05) is 13.1 Å². The molecule has 0 radical (unpaired) electrons. The van der Waals surface area contributed by atoms with Crippen LogP contribution in [0.25, 0.3) is 0 Å². The van der Waals surface area contributed by atoms with Crippen LogP contribution in [-0.4, -0.2) is 43.9 Å². The van der Waals surface area contributed by atoms with Gasteiger partial charge in [0.25, 0.3) is 0 Å². The number of sulfonamides is 1. The highest BCUT2D eigenvalue weighted by atomic mass is 32.2. The van der Waals surface area contributed by atoms with Crippen molar-refractivity contribution in [2.24, 2.45) is 0 Å². The second-order valence-corrected chi connectivity index (χ2v) is 7.11. The third kappa shape index (κ3) is 3.36. The number of amides is 1. The largest absolute Gasteiger partial charge is 0.491 e. The number of rotatable bonds is 4.